The molecule has 1 aromatic carbocycles. The fraction of sp³-hybridized carbons (Fsp3) is 0.500. The summed E-state index contributed by atoms with van der Waals surface area (Å²) >= 11 is 3.42. The van der Waals surface area contributed by atoms with Crippen LogP contribution >= 0.6 is 15.9 Å². The molecule has 1 aliphatic rings. The van der Waals surface area contributed by atoms with Crippen molar-refractivity contribution in [2.24, 2.45) is 5.92 Å². The molecule has 1 aromatic rings. The predicted octanol–water partition coefficient (Wildman–Crippen LogP) is 3.47. The molecule has 2 atom stereocenters. The highest BCUT2D eigenvalue weighted by Gasteiger charge is 2.35. The van der Waals surface area contributed by atoms with Gasteiger partial charge in [-0.2, -0.15) is 0 Å². The van der Waals surface area contributed by atoms with Crippen molar-refractivity contribution in [3.63, 3.8) is 0 Å². The minimum Gasteiger partial charge on any atom is -0.480 e. The molecule has 114 valence electrons. The highest BCUT2D eigenvalue weighted by Crippen LogP contribution is 2.28. The average molecular weight is 354 g/mol. The SMILES string of the molecule is CCC1CCN(C(=O)c2ccc(C)c(Br)c2)C(C(=O)O)C1. The van der Waals surface area contributed by atoms with Gasteiger partial charge in [-0.25, -0.2) is 4.79 Å². The first-order valence-corrected chi connectivity index (χ1v) is 8.03. The zero-order chi connectivity index (χ0) is 15.6. The summed E-state index contributed by atoms with van der Waals surface area (Å²) in [7, 11) is 0. The van der Waals surface area contributed by atoms with Gasteiger partial charge in [0.1, 0.15) is 6.04 Å². The van der Waals surface area contributed by atoms with Gasteiger partial charge in [0, 0.05) is 16.6 Å². The van der Waals surface area contributed by atoms with Gasteiger partial charge in [0.05, 0.1) is 0 Å². The van der Waals surface area contributed by atoms with Gasteiger partial charge in [-0.1, -0.05) is 35.3 Å². The fourth-order valence-electron chi connectivity index (χ4n) is 2.78. The van der Waals surface area contributed by atoms with Crippen LogP contribution in [-0.2, 0) is 4.79 Å². The molecule has 0 bridgehead atoms. The van der Waals surface area contributed by atoms with Crippen LogP contribution in [0.4, 0.5) is 0 Å². The number of carboxylic acids is 1. The number of aliphatic carboxylic acids is 1. The normalized spacial score (nSPS) is 22.1. The van der Waals surface area contributed by atoms with E-state index in [1.807, 2.05) is 13.0 Å². The molecule has 1 saturated heterocycles. The summed E-state index contributed by atoms with van der Waals surface area (Å²) in [5.41, 5.74) is 1.58. The lowest BCUT2D eigenvalue weighted by molar-refractivity contribution is -0.144. The third kappa shape index (κ3) is 3.46. The largest absolute Gasteiger partial charge is 0.480 e. The number of hydrogen-bond acceptors (Lipinski definition) is 2. The Labute approximate surface area is 133 Å². The first-order valence-electron chi connectivity index (χ1n) is 7.24. The summed E-state index contributed by atoms with van der Waals surface area (Å²) in [5.74, 6) is -0.717. The van der Waals surface area contributed by atoms with Crippen LogP contribution < -0.4 is 0 Å². The van der Waals surface area contributed by atoms with Crippen LogP contribution in [0.25, 0.3) is 0 Å². The number of halogens is 1. The lowest BCUT2D eigenvalue weighted by Crippen LogP contribution is -2.50. The summed E-state index contributed by atoms with van der Waals surface area (Å²) in [6.45, 7) is 4.53. The smallest absolute Gasteiger partial charge is 0.326 e. The van der Waals surface area contributed by atoms with Crippen molar-refractivity contribution in [3.05, 3.63) is 33.8 Å². The van der Waals surface area contributed by atoms with E-state index in [-0.39, 0.29) is 5.91 Å². The molecule has 1 amide bonds. The molecule has 0 saturated carbocycles. The molecular weight excluding hydrogens is 334 g/mol. The molecule has 1 N–H and O–H groups in total. The van der Waals surface area contributed by atoms with Crippen molar-refractivity contribution in [2.45, 2.75) is 39.2 Å². The van der Waals surface area contributed by atoms with Crippen LogP contribution in [0.2, 0.25) is 0 Å². The minimum absolute atomic E-state index is 0.197. The Morgan fingerprint density at radius 2 is 2.14 bits per heavy atom. The minimum atomic E-state index is -0.910. The van der Waals surface area contributed by atoms with E-state index in [2.05, 4.69) is 22.9 Å². The van der Waals surface area contributed by atoms with Crippen LogP contribution in [0.3, 0.4) is 0 Å². The lowest BCUT2D eigenvalue weighted by Gasteiger charge is -2.37. The second kappa shape index (κ2) is 6.60. The molecule has 1 fully saturated rings. The van der Waals surface area contributed by atoms with Crippen molar-refractivity contribution < 1.29 is 14.7 Å². The molecule has 4 nitrogen and oxygen atoms in total. The van der Waals surface area contributed by atoms with Gasteiger partial charge in [0.2, 0.25) is 0 Å². The Morgan fingerprint density at radius 1 is 1.43 bits per heavy atom. The second-order valence-corrected chi connectivity index (χ2v) is 6.47. The Kier molecular flexibility index (Phi) is 5.04. The Bertz CT molecular complexity index is 558. The quantitative estimate of drug-likeness (QED) is 0.904. The highest BCUT2D eigenvalue weighted by molar-refractivity contribution is 9.10. The summed E-state index contributed by atoms with van der Waals surface area (Å²) in [4.78, 5) is 25.6. The van der Waals surface area contributed by atoms with Crippen LogP contribution in [0, 0.1) is 12.8 Å². The lowest BCUT2D eigenvalue weighted by atomic mass is 9.88. The monoisotopic (exact) mass is 353 g/mol. The highest BCUT2D eigenvalue weighted by atomic mass is 79.9. The van der Waals surface area contributed by atoms with E-state index in [9.17, 15) is 14.7 Å². The number of rotatable bonds is 3. The molecular formula is C16H20BrNO3. The Balaban J connectivity index is 2.24. The summed E-state index contributed by atoms with van der Waals surface area (Å²) in [6, 6.07) is 4.68. The van der Waals surface area contributed by atoms with Crippen molar-refractivity contribution >= 4 is 27.8 Å². The molecule has 1 heterocycles. The number of hydrogen-bond donors (Lipinski definition) is 1. The number of likely N-dealkylation sites (tertiary alicyclic amines) is 1. The maximum Gasteiger partial charge on any atom is 0.326 e. The first-order chi connectivity index (χ1) is 9.93. The number of piperidine rings is 1. The van der Waals surface area contributed by atoms with E-state index in [4.69, 9.17) is 0 Å². The van der Waals surface area contributed by atoms with Gasteiger partial charge in [-0.05, 0) is 43.4 Å². The molecule has 1 aliphatic heterocycles. The van der Waals surface area contributed by atoms with Crippen LogP contribution in [0.5, 0.6) is 0 Å². The molecule has 5 heteroatoms. The maximum atomic E-state index is 12.6. The number of carboxylic acid groups (broad SMARTS) is 1. The van der Waals surface area contributed by atoms with Gasteiger partial charge < -0.3 is 10.0 Å². The standard InChI is InChI=1S/C16H20BrNO3/c1-3-11-6-7-18(14(8-11)16(20)21)15(19)12-5-4-10(2)13(17)9-12/h4-5,9,11,14H,3,6-8H2,1-2H3,(H,20,21). The van der Waals surface area contributed by atoms with Crippen molar-refractivity contribution in [3.8, 4) is 0 Å². The van der Waals surface area contributed by atoms with Gasteiger partial charge in [0.25, 0.3) is 5.91 Å². The molecule has 2 rings (SSSR count). The van der Waals surface area contributed by atoms with Gasteiger partial charge in [-0.3, -0.25) is 4.79 Å². The van der Waals surface area contributed by atoms with E-state index in [0.29, 0.717) is 24.4 Å². The molecule has 2 unspecified atom stereocenters. The van der Waals surface area contributed by atoms with Crippen molar-refractivity contribution in [1.29, 1.82) is 0 Å². The topological polar surface area (TPSA) is 57.6 Å². The number of carbonyl (C=O) groups is 2. The van der Waals surface area contributed by atoms with E-state index in [0.717, 1.165) is 22.9 Å². The third-order valence-electron chi connectivity index (χ3n) is 4.25. The molecule has 0 aliphatic carbocycles. The van der Waals surface area contributed by atoms with Gasteiger partial charge in [0.15, 0.2) is 0 Å². The Morgan fingerprint density at radius 3 is 2.71 bits per heavy atom. The molecule has 0 aromatic heterocycles. The number of nitrogens with zero attached hydrogens (tertiary/aromatic N) is 1. The predicted molar refractivity (Wildman–Crippen MR) is 84.4 cm³/mol. The maximum absolute atomic E-state index is 12.6. The zero-order valence-electron chi connectivity index (χ0n) is 12.3. The number of aryl methyl sites for hydroxylation is 1. The van der Waals surface area contributed by atoms with E-state index < -0.39 is 12.0 Å². The number of amides is 1. The third-order valence-corrected chi connectivity index (χ3v) is 5.11. The van der Waals surface area contributed by atoms with Gasteiger partial charge >= 0.3 is 5.97 Å². The van der Waals surface area contributed by atoms with Crippen LogP contribution in [0.1, 0.15) is 42.1 Å². The molecule has 0 spiro atoms. The summed E-state index contributed by atoms with van der Waals surface area (Å²) < 4.78 is 0.865. The number of carbonyl (C=O) groups excluding carboxylic acids is 1. The fourth-order valence-corrected chi connectivity index (χ4v) is 3.16. The average Bonchev–Trinajstić information content (AvgIpc) is 2.48. The van der Waals surface area contributed by atoms with E-state index in [1.165, 1.54) is 4.90 Å². The van der Waals surface area contributed by atoms with E-state index >= 15 is 0 Å². The first kappa shape index (κ1) is 16.0. The van der Waals surface area contributed by atoms with Crippen LogP contribution in [-0.4, -0.2) is 34.5 Å². The molecule has 0 radical (unpaired) electrons. The summed E-state index contributed by atoms with van der Waals surface area (Å²) in [5, 5.41) is 9.41. The number of benzene rings is 1. The second-order valence-electron chi connectivity index (χ2n) is 5.62. The van der Waals surface area contributed by atoms with Crippen molar-refractivity contribution in [2.75, 3.05) is 6.54 Å². The zero-order valence-corrected chi connectivity index (χ0v) is 13.9. The molecule has 21 heavy (non-hydrogen) atoms. The van der Waals surface area contributed by atoms with Gasteiger partial charge in [-0.15, -0.1) is 0 Å². The van der Waals surface area contributed by atoms with Crippen LogP contribution in [0.15, 0.2) is 22.7 Å². The Hall–Kier alpha value is -1.36. The van der Waals surface area contributed by atoms with Crippen molar-refractivity contribution in [1.82, 2.24) is 4.90 Å². The summed E-state index contributed by atoms with van der Waals surface area (Å²) in [6.07, 6.45) is 2.38. The van der Waals surface area contributed by atoms with E-state index in [1.54, 1.807) is 12.1 Å².